The molecule has 0 aromatic carbocycles. The summed E-state index contributed by atoms with van der Waals surface area (Å²) < 4.78 is 0. The molecule has 1 saturated carbocycles. The zero-order chi connectivity index (χ0) is 7.84. The van der Waals surface area contributed by atoms with Crippen LogP contribution in [-0.4, -0.2) is 12.2 Å². The van der Waals surface area contributed by atoms with Gasteiger partial charge in [0.25, 0.3) is 0 Å². The summed E-state index contributed by atoms with van der Waals surface area (Å²) in [5.74, 6) is 1.48. The van der Waals surface area contributed by atoms with Crippen LogP contribution in [0.5, 0.6) is 0 Å². The van der Waals surface area contributed by atoms with Gasteiger partial charge in [0, 0.05) is 0 Å². The van der Waals surface area contributed by atoms with Gasteiger partial charge in [0.05, 0.1) is 12.2 Å². The van der Waals surface area contributed by atoms with E-state index in [4.69, 9.17) is 9.78 Å². The molecule has 0 N–H and O–H groups in total. The molecule has 3 rings (SSSR count). The van der Waals surface area contributed by atoms with Crippen LogP contribution < -0.4 is 0 Å². The Balaban J connectivity index is 2.03. The van der Waals surface area contributed by atoms with E-state index in [1.165, 1.54) is 19.3 Å². The summed E-state index contributed by atoms with van der Waals surface area (Å²) in [6.07, 6.45) is 4.40. The summed E-state index contributed by atoms with van der Waals surface area (Å²) in [5.41, 5.74) is 0. The molecule has 2 saturated heterocycles. The fourth-order valence-corrected chi connectivity index (χ4v) is 2.20. The normalized spacial score (nSPS) is 43.4. The first-order valence-electron chi connectivity index (χ1n) is 4.59. The van der Waals surface area contributed by atoms with Crippen molar-refractivity contribution >= 4 is 0 Å². The van der Waals surface area contributed by atoms with Crippen molar-refractivity contribution in [1.29, 1.82) is 0 Å². The van der Waals surface area contributed by atoms with Crippen LogP contribution in [0, 0.1) is 11.8 Å². The molecule has 2 heterocycles. The van der Waals surface area contributed by atoms with Gasteiger partial charge in [-0.15, -0.1) is 0 Å². The standard InChI is InChI=1S/C9H16O2/c1-6(2)8-5-7-3-4-9(8)11-10-7/h6-9H,3-5H2,1-2H3/t7-,8?,9+/m1/s1. The second kappa shape index (κ2) is 2.76. The average molecular weight is 156 g/mol. The Hall–Kier alpha value is -0.0800. The van der Waals surface area contributed by atoms with Crippen LogP contribution in [0.4, 0.5) is 0 Å². The number of fused-ring (bicyclic) bond motifs is 3. The van der Waals surface area contributed by atoms with E-state index in [1.54, 1.807) is 0 Å². The maximum Gasteiger partial charge on any atom is 0.0962 e. The van der Waals surface area contributed by atoms with Gasteiger partial charge in [-0.1, -0.05) is 13.8 Å². The highest BCUT2D eigenvalue weighted by Crippen LogP contribution is 2.38. The van der Waals surface area contributed by atoms with Crippen molar-refractivity contribution in [3.63, 3.8) is 0 Å². The maximum absolute atomic E-state index is 5.25. The summed E-state index contributed by atoms with van der Waals surface area (Å²) in [5, 5.41) is 0. The van der Waals surface area contributed by atoms with Gasteiger partial charge in [-0.2, -0.15) is 0 Å². The highest BCUT2D eigenvalue weighted by atomic mass is 17.2. The first-order valence-corrected chi connectivity index (χ1v) is 4.59. The quantitative estimate of drug-likeness (QED) is 0.541. The van der Waals surface area contributed by atoms with Crippen LogP contribution in [0.1, 0.15) is 33.1 Å². The molecule has 1 unspecified atom stereocenters. The van der Waals surface area contributed by atoms with Crippen molar-refractivity contribution in [2.24, 2.45) is 11.8 Å². The molecular formula is C9H16O2. The van der Waals surface area contributed by atoms with E-state index in [0.717, 1.165) is 11.8 Å². The minimum Gasteiger partial charge on any atom is -0.233 e. The number of rotatable bonds is 1. The maximum atomic E-state index is 5.25. The third-order valence-electron chi connectivity index (χ3n) is 2.96. The molecule has 2 nitrogen and oxygen atoms in total. The third kappa shape index (κ3) is 1.30. The smallest absolute Gasteiger partial charge is 0.0962 e. The zero-order valence-corrected chi connectivity index (χ0v) is 7.25. The fourth-order valence-electron chi connectivity index (χ4n) is 2.20. The van der Waals surface area contributed by atoms with E-state index in [0.29, 0.717) is 12.2 Å². The van der Waals surface area contributed by atoms with E-state index < -0.39 is 0 Å². The molecule has 64 valence electrons. The predicted molar refractivity (Wildman–Crippen MR) is 41.9 cm³/mol. The molecule has 2 aliphatic heterocycles. The van der Waals surface area contributed by atoms with Crippen LogP contribution in [0.2, 0.25) is 0 Å². The summed E-state index contributed by atoms with van der Waals surface area (Å²) in [6.45, 7) is 4.55. The Labute approximate surface area is 67.8 Å². The van der Waals surface area contributed by atoms with Crippen LogP contribution in [0.3, 0.4) is 0 Å². The lowest BCUT2D eigenvalue weighted by molar-refractivity contribution is -0.412. The van der Waals surface area contributed by atoms with Gasteiger partial charge in [0.1, 0.15) is 0 Å². The third-order valence-corrected chi connectivity index (χ3v) is 2.96. The van der Waals surface area contributed by atoms with Crippen LogP contribution in [-0.2, 0) is 9.78 Å². The molecule has 3 atom stereocenters. The molecule has 0 radical (unpaired) electrons. The van der Waals surface area contributed by atoms with E-state index in [-0.39, 0.29) is 0 Å². The van der Waals surface area contributed by atoms with Gasteiger partial charge in [0.2, 0.25) is 0 Å². The van der Waals surface area contributed by atoms with Crippen molar-refractivity contribution in [3.05, 3.63) is 0 Å². The van der Waals surface area contributed by atoms with Gasteiger partial charge in [-0.3, -0.25) is 0 Å². The molecule has 3 aliphatic rings. The molecule has 11 heavy (non-hydrogen) atoms. The van der Waals surface area contributed by atoms with E-state index in [9.17, 15) is 0 Å². The Morgan fingerprint density at radius 3 is 2.27 bits per heavy atom. The van der Waals surface area contributed by atoms with Crippen LogP contribution in [0.15, 0.2) is 0 Å². The Morgan fingerprint density at radius 1 is 1.18 bits per heavy atom. The second-order valence-corrected chi connectivity index (χ2v) is 4.07. The minimum atomic E-state index is 0.389. The molecule has 2 bridgehead atoms. The van der Waals surface area contributed by atoms with E-state index in [1.807, 2.05) is 0 Å². The monoisotopic (exact) mass is 156 g/mol. The average Bonchev–Trinajstić information content (AvgIpc) is 2.06. The molecule has 3 fully saturated rings. The highest BCUT2D eigenvalue weighted by Gasteiger charge is 2.39. The van der Waals surface area contributed by atoms with Gasteiger partial charge in [-0.05, 0) is 31.1 Å². The SMILES string of the molecule is CC(C)C1C[C@H]2CC[C@@H]1OO2. The molecule has 2 heteroatoms. The topological polar surface area (TPSA) is 18.5 Å². The van der Waals surface area contributed by atoms with Crippen molar-refractivity contribution in [2.45, 2.75) is 45.3 Å². The lowest BCUT2D eigenvalue weighted by atomic mass is 9.77. The van der Waals surface area contributed by atoms with Crippen molar-refractivity contribution in [1.82, 2.24) is 0 Å². The summed E-state index contributed by atoms with van der Waals surface area (Å²) in [6, 6.07) is 0. The zero-order valence-electron chi connectivity index (χ0n) is 7.25. The minimum absolute atomic E-state index is 0.389. The first kappa shape index (κ1) is 7.56. The Kier molecular flexibility index (Phi) is 1.90. The Morgan fingerprint density at radius 2 is 2.00 bits per heavy atom. The van der Waals surface area contributed by atoms with Crippen molar-refractivity contribution in [2.75, 3.05) is 0 Å². The van der Waals surface area contributed by atoms with Gasteiger partial charge in [0.15, 0.2) is 0 Å². The lowest BCUT2D eigenvalue weighted by Crippen LogP contribution is -2.43. The van der Waals surface area contributed by atoms with Gasteiger partial charge >= 0.3 is 0 Å². The van der Waals surface area contributed by atoms with E-state index in [2.05, 4.69) is 13.8 Å². The number of hydrogen-bond donors (Lipinski definition) is 0. The lowest BCUT2D eigenvalue weighted by Gasteiger charge is -2.42. The second-order valence-electron chi connectivity index (χ2n) is 4.07. The van der Waals surface area contributed by atoms with Gasteiger partial charge < -0.3 is 0 Å². The van der Waals surface area contributed by atoms with Crippen LogP contribution >= 0.6 is 0 Å². The van der Waals surface area contributed by atoms with Crippen molar-refractivity contribution < 1.29 is 9.78 Å². The fraction of sp³-hybridized carbons (Fsp3) is 1.00. The molecule has 0 aromatic heterocycles. The molecule has 0 amide bonds. The summed E-state index contributed by atoms with van der Waals surface area (Å²) in [4.78, 5) is 10.4. The summed E-state index contributed by atoms with van der Waals surface area (Å²) >= 11 is 0. The molecular weight excluding hydrogens is 140 g/mol. The van der Waals surface area contributed by atoms with Crippen molar-refractivity contribution in [3.8, 4) is 0 Å². The predicted octanol–water partition coefficient (Wildman–Crippen LogP) is 2.14. The van der Waals surface area contributed by atoms with E-state index >= 15 is 0 Å². The van der Waals surface area contributed by atoms with Gasteiger partial charge in [-0.25, -0.2) is 9.78 Å². The summed E-state index contributed by atoms with van der Waals surface area (Å²) in [7, 11) is 0. The number of hydrogen-bond acceptors (Lipinski definition) is 2. The molecule has 1 aliphatic carbocycles. The molecule has 0 spiro atoms. The van der Waals surface area contributed by atoms with Crippen LogP contribution in [0.25, 0.3) is 0 Å². The largest absolute Gasteiger partial charge is 0.233 e. The molecule has 0 aromatic rings. The Bertz CT molecular complexity index is 136. The highest BCUT2D eigenvalue weighted by molar-refractivity contribution is 4.84. The first-order chi connectivity index (χ1) is 5.27.